The average molecular weight is 400 g/mol. The van der Waals surface area contributed by atoms with Crippen molar-refractivity contribution in [3.05, 3.63) is 60.4 Å². The number of rotatable bonds is 4. The highest BCUT2D eigenvalue weighted by atomic mass is 19.4. The Labute approximate surface area is 163 Å². The number of methoxy groups -OCH3 is 2. The Kier molecular flexibility index (Phi) is 4.45. The molecule has 4 rings (SSSR count). The lowest BCUT2D eigenvalue weighted by Crippen LogP contribution is -2.22. The molecular weight excluding hydrogens is 385 g/mol. The largest absolute Gasteiger partial charge is 0.493 e. The SMILES string of the molecule is COc1cc2cc3ccoc3c(-c3ccc(C(=O)C(F)(F)F)cc3)c2cc1OC. The zero-order valence-corrected chi connectivity index (χ0v) is 15.5. The highest BCUT2D eigenvalue weighted by Gasteiger charge is 2.39. The highest BCUT2D eigenvalue weighted by Crippen LogP contribution is 2.41. The third kappa shape index (κ3) is 3.18. The van der Waals surface area contributed by atoms with Gasteiger partial charge in [0.2, 0.25) is 0 Å². The standard InChI is InChI=1S/C22H15F3O4/c1-27-17-10-15-9-14-7-8-29-20(14)19(16(15)11-18(17)28-2)12-3-5-13(6-4-12)21(26)22(23,24)25/h3-11H,1-2H3. The van der Waals surface area contributed by atoms with Crippen molar-refractivity contribution >= 4 is 27.5 Å². The van der Waals surface area contributed by atoms with E-state index in [-0.39, 0.29) is 0 Å². The zero-order valence-electron chi connectivity index (χ0n) is 15.5. The summed E-state index contributed by atoms with van der Waals surface area (Å²) < 4.78 is 54.5. The maximum Gasteiger partial charge on any atom is 0.454 e. The number of fused-ring (bicyclic) bond motifs is 2. The lowest BCUT2D eigenvalue weighted by atomic mass is 9.94. The van der Waals surface area contributed by atoms with E-state index in [1.807, 2.05) is 12.1 Å². The van der Waals surface area contributed by atoms with Crippen molar-refractivity contribution in [3.63, 3.8) is 0 Å². The van der Waals surface area contributed by atoms with E-state index >= 15 is 0 Å². The molecule has 148 valence electrons. The number of carbonyl (C=O) groups excluding carboxylic acids is 1. The minimum atomic E-state index is -4.92. The predicted molar refractivity (Wildman–Crippen MR) is 103 cm³/mol. The Bertz CT molecular complexity index is 1220. The van der Waals surface area contributed by atoms with Crippen LogP contribution in [0.5, 0.6) is 11.5 Å². The van der Waals surface area contributed by atoms with Gasteiger partial charge < -0.3 is 13.9 Å². The zero-order chi connectivity index (χ0) is 20.8. The van der Waals surface area contributed by atoms with Gasteiger partial charge in [-0.15, -0.1) is 0 Å². The van der Waals surface area contributed by atoms with Crippen LogP contribution in [0.1, 0.15) is 10.4 Å². The topological polar surface area (TPSA) is 48.7 Å². The van der Waals surface area contributed by atoms with Gasteiger partial charge in [0.25, 0.3) is 5.78 Å². The lowest BCUT2D eigenvalue weighted by molar-refractivity contribution is -0.0885. The minimum absolute atomic E-state index is 0.420. The molecule has 0 aliphatic rings. The molecule has 0 unspecified atom stereocenters. The number of ether oxygens (including phenoxy) is 2. The third-order valence-electron chi connectivity index (χ3n) is 4.75. The summed E-state index contributed by atoms with van der Waals surface area (Å²) in [5.41, 5.74) is 1.46. The van der Waals surface area contributed by atoms with Crippen LogP contribution in [-0.4, -0.2) is 26.2 Å². The van der Waals surface area contributed by atoms with Gasteiger partial charge in [0.1, 0.15) is 5.58 Å². The molecular formula is C22H15F3O4. The minimum Gasteiger partial charge on any atom is -0.493 e. The van der Waals surface area contributed by atoms with Crippen LogP contribution in [0.4, 0.5) is 13.2 Å². The first-order valence-electron chi connectivity index (χ1n) is 8.61. The normalized spacial score (nSPS) is 11.8. The summed E-state index contributed by atoms with van der Waals surface area (Å²) in [5.74, 6) is -0.813. The van der Waals surface area contributed by atoms with Crippen molar-refractivity contribution in [2.75, 3.05) is 14.2 Å². The van der Waals surface area contributed by atoms with Gasteiger partial charge in [-0.3, -0.25) is 4.79 Å². The fraction of sp³-hybridized carbons (Fsp3) is 0.136. The smallest absolute Gasteiger partial charge is 0.454 e. The number of carbonyl (C=O) groups is 1. The van der Waals surface area contributed by atoms with Crippen LogP contribution in [0, 0.1) is 0 Å². The molecule has 0 aliphatic carbocycles. The maximum atomic E-state index is 12.7. The molecule has 0 aliphatic heterocycles. The predicted octanol–water partition coefficient (Wildman–Crippen LogP) is 6.02. The second-order valence-electron chi connectivity index (χ2n) is 6.42. The number of halogens is 3. The van der Waals surface area contributed by atoms with E-state index in [0.29, 0.717) is 28.2 Å². The Morgan fingerprint density at radius 1 is 0.897 bits per heavy atom. The third-order valence-corrected chi connectivity index (χ3v) is 4.75. The van der Waals surface area contributed by atoms with Gasteiger partial charge in [-0.1, -0.05) is 24.3 Å². The van der Waals surface area contributed by atoms with Crippen molar-refractivity contribution in [3.8, 4) is 22.6 Å². The Balaban J connectivity index is 1.96. The molecule has 0 N–H and O–H groups in total. The van der Waals surface area contributed by atoms with Crippen molar-refractivity contribution in [1.29, 1.82) is 0 Å². The van der Waals surface area contributed by atoms with Gasteiger partial charge in [-0.05, 0) is 40.6 Å². The Morgan fingerprint density at radius 2 is 1.55 bits per heavy atom. The van der Waals surface area contributed by atoms with Crippen LogP contribution in [-0.2, 0) is 0 Å². The van der Waals surface area contributed by atoms with Crippen LogP contribution in [0.15, 0.2) is 59.2 Å². The van der Waals surface area contributed by atoms with Gasteiger partial charge >= 0.3 is 6.18 Å². The number of alkyl halides is 3. The van der Waals surface area contributed by atoms with Crippen LogP contribution >= 0.6 is 0 Å². The molecule has 0 fully saturated rings. The molecule has 7 heteroatoms. The van der Waals surface area contributed by atoms with Crippen molar-refractivity contribution in [2.24, 2.45) is 0 Å². The lowest BCUT2D eigenvalue weighted by Gasteiger charge is -2.13. The maximum absolute atomic E-state index is 12.7. The van der Waals surface area contributed by atoms with E-state index in [2.05, 4.69) is 0 Å². The molecule has 0 saturated heterocycles. The fourth-order valence-electron chi connectivity index (χ4n) is 3.40. The molecule has 0 amide bonds. The Hall–Kier alpha value is -3.48. The first kappa shape index (κ1) is 18.9. The first-order chi connectivity index (χ1) is 13.8. The van der Waals surface area contributed by atoms with E-state index in [1.165, 1.54) is 38.5 Å². The van der Waals surface area contributed by atoms with Crippen molar-refractivity contribution in [1.82, 2.24) is 0 Å². The van der Waals surface area contributed by atoms with Crippen LogP contribution in [0.25, 0.3) is 32.9 Å². The molecule has 0 bridgehead atoms. The molecule has 0 radical (unpaired) electrons. The molecule has 4 aromatic rings. The number of ketones is 1. The van der Waals surface area contributed by atoms with Crippen LogP contribution < -0.4 is 9.47 Å². The van der Waals surface area contributed by atoms with Crippen molar-refractivity contribution in [2.45, 2.75) is 6.18 Å². The Morgan fingerprint density at radius 3 is 2.17 bits per heavy atom. The summed E-state index contributed by atoms with van der Waals surface area (Å²) in [5, 5.41) is 2.46. The number of hydrogen-bond donors (Lipinski definition) is 0. The van der Waals surface area contributed by atoms with Gasteiger partial charge in [-0.2, -0.15) is 13.2 Å². The number of Topliss-reactive ketones (excluding diaryl/α,β-unsaturated/α-hetero) is 1. The summed E-state index contributed by atoms with van der Waals surface area (Å²) in [6.07, 6.45) is -3.37. The van der Waals surface area contributed by atoms with E-state index < -0.39 is 17.5 Å². The van der Waals surface area contributed by atoms with Crippen molar-refractivity contribution < 1.29 is 31.9 Å². The molecule has 4 nitrogen and oxygen atoms in total. The van der Waals surface area contributed by atoms with Gasteiger partial charge in [-0.25, -0.2) is 0 Å². The highest BCUT2D eigenvalue weighted by molar-refractivity contribution is 6.11. The van der Waals surface area contributed by atoms with Gasteiger partial charge in [0, 0.05) is 16.5 Å². The summed E-state index contributed by atoms with van der Waals surface area (Å²) >= 11 is 0. The number of hydrogen-bond acceptors (Lipinski definition) is 4. The molecule has 3 aromatic carbocycles. The fourth-order valence-corrected chi connectivity index (χ4v) is 3.40. The summed E-state index contributed by atoms with van der Waals surface area (Å²) in [7, 11) is 3.06. The number of furan rings is 1. The molecule has 1 aromatic heterocycles. The van der Waals surface area contributed by atoms with Gasteiger partial charge in [0.05, 0.1) is 20.5 Å². The second-order valence-corrected chi connectivity index (χ2v) is 6.42. The summed E-state index contributed by atoms with van der Waals surface area (Å²) in [4.78, 5) is 11.5. The van der Waals surface area contributed by atoms with Crippen LogP contribution in [0.3, 0.4) is 0 Å². The molecule has 29 heavy (non-hydrogen) atoms. The van der Waals surface area contributed by atoms with E-state index in [0.717, 1.165) is 16.2 Å². The summed E-state index contributed by atoms with van der Waals surface area (Å²) in [6.45, 7) is 0. The van der Waals surface area contributed by atoms with Crippen LogP contribution in [0.2, 0.25) is 0 Å². The monoisotopic (exact) mass is 400 g/mol. The molecule has 0 spiro atoms. The molecule has 0 saturated carbocycles. The molecule has 1 heterocycles. The average Bonchev–Trinajstić information content (AvgIpc) is 3.17. The summed E-state index contributed by atoms with van der Waals surface area (Å²) in [6, 6.07) is 12.6. The second kappa shape index (κ2) is 6.84. The van der Waals surface area contributed by atoms with E-state index in [1.54, 1.807) is 18.4 Å². The van der Waals surface area contributed by atoms with E-state index in [4.69, 9.17) is 13.9 Å². The quantitative estimate of drug-likeness (QED) is 0.393. The number of benzene rings is 3. The van der Waals surface area contributed by atoms with Gasteiger partial charge in [0.15, 0.2) is 11.5 Å². The first-order valence-corrected chi connectivity index (χ1v) is 8.61. The molecule has 0 atom stereocenters. The van der Waals surface area contributed by atoms with E-state index in [9.17, 15) is 18.0 Å².